The van der Waals surface area contributed by atoms with Gasteiger partial charge in [0.1, 0.15) is 12.4 Å². The topological polar surface area (TPSA) is 48.1 Å². The first-order chi connectivity index (χ1) is 5.97. The molecular weight excluding hydrogens is 232 g/mol. The van der Waals surface area contributed by atoms with Crippen molar-refractivity contribution in [2.75, 3.05) is 6.61 Å². The van der Waals surface area contributed by atoms with Crippen LogP contribution in [0.1, 0.15) is 13.8 Å². The lowest BCUT2D eigenvalue weighted by atomic mass is 10.1. The second-order valence-electron chi connectivity index (χ2n) is 3.62. The van der Waals surface area contributed by atoms with Crippen LogP contribution in [0.2, 0.25) is 0 Å². The number of hydrogen-bond acceptors (Lipinski definition) is 3. The molecule has 1 aromatic heterocycles. The molecule has 0 aliphatic carbocycles. The number of ether oxygens (including phenoxy) is 1. The molecule has 0 aliphatic heterocycles. The molecule has 3 nitrogen and oxygen atoms in total. The molecule has 72 valence electrons. The smallest absolute Gasteiger partial charge is 0.138 e. The molecule has 0 aromatic carbocycles. The van der Waals surface area contributed by atoms with Crippen LogP contribution in [0.4, 0.5) is 0 Å². The van der Waals surface area contributed by atoms with Crippen LogP contribution in [0.5, 0.6) is 5.75 Å². The standard InChI is InChI=1S/C9H13BrN2O/c1-9(2,11)6-13-8-3-7(10)4-12-5-8/h3-5H,6,11H2,1-2H3. The van der Waals surface area contributed by atoms with Gasteiger partial charge >= 0.3 is 0 Å². The van der Waals surface area contributed by atoms with Gasteiger partial charge in [-0.2, -0.15) is 0 Å². The van der Waals surface area contributed by atoms with E-state index in [0.717, 1.165) is 10.2 Å². The second kappa shape index (κ2) is 4.07. The number of nitrogens with two attached hydrogens (primary N) is 1. The van der Waals surface area contributed by atoms with Crippen molar-refractivity contribution in [1.29, 1.82) is 0 Å². The number of hydrogen-bond donors (Lipinski definition) is 1. The van der Waals surface area contributed by atoms with Gasteiger partial charge in [-0.15, -0.1) is 0 Å². The molecular formula is C9H13BrN2O. The van der Waals surface area contributed by atoms with E-state index in [-0.39, 0.29) is 5.54 Å². The minimum atomic E-state index is -0.317. The Morgan fingerprint density at radius 3 is 2.77 bits per heavy atom. The molecule has 4 heteroatoms. The molecule has 0 bridgehead atoms. The average Bonchev–Trinajstić information content (AvgIpc) is 2.00. The van der Waals surface area contributed by atoms with E-state index < -0.39 is 0 Å². The van der Waals surface area contributed by atoms with Crippen molar-refractivity contribution in [3.63, 3.8) is 0 Å². The molecule has 1 aromatic rings. The molecule has 1 rings (SSSR count). The number of aromatic nitrogens is 1. The van der Waals surface area contributed by atoms with E-state index in [1.165, 1.54) is 0 Å². The van der Waals surface area contributed by atoms with Gasteiger partial charge < -0.3 is 10.5 Å². The van der Waals surface area contributed by atoms with Crippen molar-refractivity contribution in [2.24, 2.45) is 5.73 Å². The Bertz CT molecular complexity index is 283. The van der Waals surface area contributed by atoms with Crippen LogP contribution in [0, 0.1) is 0 Å². The van der Waals surface area contributed by atoms with E-state index in [1.807, 2.05) is 19.9 Å². The Hall–Kier alpha value is -0.610. The van der Waals surface area contributed by atoms with E-state index >= 15 is 0 Å². The molecule has 2 N–H and O–H groups in total. The molecule has 0 fully saturated rings. The first-order valence-corrected chi connectivity index (χ1v) is 4.79. The maximum atomic E-state index is 5.76. The summed E-state index contributed by atoms with van der Waals surface area (Å²) in [7, 11) is 0. The van der Waals surface area contributed by atoms with Crippen molar-refractivity contribution < 1.29 is 4.74 Å². The molecule has 0 saturated heterocycles. The van der Waals surface area contributed by atoms with E-state index in [0.29, 0.717) is 6.61 Å². The highest BCUT2D eigenvalue weighted by atomic mass is 79.9. The fourth-order valence-electron chi connectivity index (χ4n) is 0.741. The zero-order valence-electron chi connectivity index (χ0n) is 7.75. The predicted octanol–water partition coefficient (Wildman–Crippen LogP) is 1.96. The summed E-state index contributed by atoms with van der Waals surface area (Å²) < 4.78 is 6.34. The Balaban J connectivity index is 2.55. The largest absolute Gasteiger partial charge is 0.490 e. The molecule has 0 saturated carbocycles. The van der Waals surface area contributed by atoms with Gasteiger partial charge in [0.15, 0.2) is 0 Å². The first kappa shape index (κ1) is 10.5. The highest BCUT2D eigenvalue weighted by Crippen LogP contribution is 2.16. The van der Waals surface area contributed by atoms with Crippen molar-refractivity contribution in [1.82, 2.24) is 4.98 Å². The maximum Gasteiger partial charge on any atom is 0.138 e. The van der Waals surface area contributed by atoms with Crippen LogP contribution in [-0.4, -0.2) is 17.1 Å². The first-order valence-electron chi connectivity index (χ1n) is 4.00. The number of pyridine rings is 1. The monoisotopic (exact) mass is 244 g/mol. The lowest BCUT2D eigenvalue weighted by Crippen LogP contribution is -2.38. The molecule has 0 aliphatic rings. The second-order valence-corrected chi connectivity index (χ2v) is 4.53. The lowest BCUT2D eigenvalue weighted by Gasteiger charge is -2.18. The number of halogens is 1. The quantitative estimate of drug-likeness (QED) is 0.885. The Morgan fingerprint density at radius 2 is 2.23 bits per heavy atom. The Morgan fingerprint density at radius 1 is 1.54 bits per heavy atom. The third kappa shape index (κ3) is 4.24. The molecule has 0 spiro atoms. The number of nitrogens with zero attached hydrogens (tertiary/aromatic N) is 1. The predicted molar refractivity (Wildman–Crippen MR) is 55.7 cm³/mol. The van der Waals surface area contributed by atoms with Gasteiger partial charge in [-0.3, -0.25) is 4.98 Å². The normalized spacial score (nSPS) is 11.4. The minimum Gasteiger partial charge on any atom is -0.490 e. The fourth-order valence-corrected chi connectivity index (χ4v) is 1.08. The van der Waals surface area contributed by atoms with Gasteiger partial charge in [-0.05, 0) is 35.8 Å². The molecule has 13 heavy (non-hydrogen) atoms. The van der Waals surface area contributed by atoms with Crippen LogP contribution in [0.25, 0.3) is 0 Å². The molecule has 0 radical (unpaired) electrons. The van der Waals surface area contributed by atoms with Crippen LogP contribution in [0.3, 0.4) is 0 Å². The van der Waals surface area contributed by atoms with Gasteiger partial charge in [-0.1, -0.05) is 0 Å². The molecule has 1 heterocycles. The van der Waals surface area contributed by atoms with Gasteiger partial charge in [0.2, 0.25) is 0 Å². The summed E-state index contributed by atoms with van der Waals surface area (Å²) in [6.07, 6.45) is 3.37. The van der Waals surface area contributed by atoms with Gasteiger partial charge in [-0.25, -0.2) is 0 Å². The molecule has 0 atom stereocenters. The number of rotatable bonds is 3. The fraction of sp³-hybridized carbons (Fsp3) is 0.444. The maximum absolute atomic E-state index is 5.76. The van der Waals surface area contributed by atoms with Crippen molar-refractivity contribution >= 4 is 15.9 Å². The summed E-state index contributed by atoms with van der Waals surface area (Å²) in [4.78, 5) is 3.97. The zero-order valence-corrected chi connectivity index (χ0v) is 9.34. The van der Waals surface area contributed by atoms with Crippen molar-refractivity contribution in [3.05, 3.63) is 22.9 Å². The summed E-state index contributed by atoms with van der Waals surface area (Å²) in [5.41, 5.74) is 5.45. The van der Waals surface area contributed by atoms with E-state index in [1.54, 1.807) is 12.4 Å². The third-order valence-electron chi connectivity index (χ3n) is 1.29. The van der Waals surface area contributed by atoms with Crippen LogP contribution in [0.15, 0.2) is 22.9 Å². The van der Waals surface area contributed by atoms with Crippen molar-refractivity contribution in [2.45, 2.75) is 19.4 Å². The zero-order chi connectivity index (χ0) is 9.90. The molecule has 0 unspecified atom stereocenters. The van der Waals surface area contributed by atoms with E-state index in [4.69, 9.17) is 10.5 Å². The summed E-state index contributed by atoms with van der Waals surface area (Å²) in [5.74, 6) is 0.730. The lowest BCUT2D eigenvalue weighted by molar-refractivity contribution is 0.242. The third-order valence-corrected chi connectivity index (χ3v) is 1.72. The van der Waals surface area contributed by atoms with Gasteiger partial charge in [0.05, 0.1) is 6.20 Å². The van der Waals surface area contributed by atoms with E-state index in [2.05, 4.69) is 20.9 Å². The van der Waals surface area contributed by atoms with Crippen molar-refractivity contribution in [3.8, 4) is 5.75 Å². The van der Waals surface area contributed by atoms with Crippen LogP contribution >= 0.6 is 15.9 Å². The highest BCUT2D eigenvalue weighted by Gasteiger charge is 2.11. The van der Waals surface area contributed by atoms with Gasteiger partial charge in [0, 0.05) is 16.2 Å². The summed E-state index contributed by atoms with van der Waals surface area (Å²) in [6.45, 7) is 4.31. The SMILES string of the molecule is CC(C)(N)COc1cncc(Br)c1. The average molecular weight is 245 g/mol. The highest BCUT2D eigenvalue weighted by molar-refractivity contribution is 9.10. The summed E-state index contributed by atoms with van der Waals surface area (Å²) in [6, 6.07) is 1.86. The van der Waals surface area contributed by atoms with Crippen LogP contribution < -0.4 is 10.5 Å². The summed E-state index contributed by atoms with van der Waals surface area (Å²) >= 11 is 3.31. The van der Waals surface area contributed by atoms with E-state index in [9.17, 15) is 0 Å². The van der Waals surface area contributed by atoms with Gasteiger partial charge in [0.25, 0.3) is 0 Å². The Labute approximate surface area is 86.4 Å². The minimum absolute atomic E-state index is 0.317. The Kier molecular flexibility index (Phi) is 3.27. The van der Waals surface area contributed by atoms with Crippen LogP contribution in [-0.2, 0) is 0 Å². The molecule has 0 amide bonds. The summed E-state index contributed by atoms with van der Waals surface area (Å²) in [5, 5.41) is 0.